The fourth-order valence-electron chi connectivity index (χ4n) is 7.04. The number of hydrogen-bond acceptors (Lipinski definition) is 6. The van der Waals surface area contributed by atoms with Gasteiger partial charge in [0.1, 0.15) is 0 Å². The molecule has 3 atom stereocenters. The fraction of sp³-hybridized carbons (Fsp3) is 0.784. The van der Waals surface area contributed by atoms with E-state index in [9.17, 15) is 19.4 Å². The Morgan fingerprint density at radius 2 is 0.933 bits per heavy atom. The van der Waals surface area contributed by atoms with E-state index in [1.165, 1.54) is 141 Å². The summed E-state index contributed by atoms with van der Waals surface area (Å²) in [6.45, 7) is 4.10. The summed E-state index contributed by atoms with van der Waals surface area (Å²) in [6, 6.07) is -0.887. The van der Waals surface area contributed by atoms with Gasteiger partial charge in [0.15, 0.2) is 0 Å². The number of aliphatic hydroxyl groups is 1. The first kappa shape index (κ1) is 58.2. The van der Waals surface area contributed by atoms with E-state index in [-0.39, 0.29) is 25.7 Å². The SMILES string of the molecule is CCCCCCC/C=C\C/C=C\C/C=C\CCCCCCCCC(=O)NC(COP(=O)(O)OCCN)C(O)/C=C/CC/C=C/CCCCCCCCCCCCCCCC. The number of unbranched alkanes of at least 4 members (excludes halogenated alkanes) is 26. The first-order chi connectivity index (χ1) is 29.4. The Balaban J connectivity index is 4.21. The van der Waals surface area contributed by atoms with Gasteiger partial charge >= 0.3 is 7.82 Å². The monoisotopic (exact) mass is 863 g/mol. The average Bonchev–Trinajstić information content (AvgIpc) is 3.24. The third-order valence-corrected chi connectivity index (χ3v) is 11.8. The molecule has 0 aromatic heterocycles. The van der Waals surface area contributed by atoms with Gasteiger partial charge in [-0.25, -0.2) is 4.57 Å². The first-order valence-electron chi connectivity index (χ1n) is 24.9. The summed E-state index contributed by atoms with van der Waals surface area (Å²) in [5, 5.41) is 13.7. The molecule has 0 spiro atoms. The molecule has 5 N–H and O–H groups in total. The second-order valence-corrected chi connectivity index (χ2v) is 18.1. The predicted molar refractivity (Wildman–Crippen MR) is 258 cm³/mol. The van der Waals surface area contributed by atoms with Gasteiger partial charge in [0.05, 0.1) is 25.4 Å². The highest BCUT2D eigenvalue weighted by molar-refractivity contribution is 7.47. The highest BCUT2D eigenvalue weighted by Gasteiger charge is 2.26. The quantitative estimate of drug-likeness (QED) is 0.0272. The molecule has 0 rings (SSSR count). The van der Waals surface area contributed by atoms with Crippen LogP contribution in [0.4, 0.5) is 0 Å². The Labute approximate surface area is 370 Å². The van der Waals surface area contributed by atoms with Crippen molar-refractivity contribution < 1.29 is 28.4 Å². The third kappa shape index (κ3) is 44.3. The molecule has 9 heteroatoms. The van der Waals surface area contributed by atoms with Crippen LogP contribution in [-0.4, -0.2) is 47.8 Å². The van der Waals surface area contributed by atoms with E-state index in [0.29, 0.717) is 6.42 Å². The largest absolute Gasteiger partial charge is 0.472 e. The number of carbonyl (C=O) groups excluding carboxylic acids is 1. The number of phosphoric acid groups is 1. The zero-order valence-electron chi connectivity index (χ0n) is 38.9. The van der Waals surface area contributed by atoms with Gasteiger partial charge in [-0.1, -0.05) is 209 Å². The maximum absolute atomic E-state index is 12.8. The Morgan fingerprint density at radius 3 is 1.40 bits per heavy atom. The van der Waals surface area contributed by atoms with Crippen LogP contribution in [0, 0.1) is 0 Å². The van der Waals surface area contributed by atoms with Crippen LogP contribution in [-0.2, 0) is 18.4 Å². The molecule has 0 fully saturated rings. The molecule has 0 aliphatic carbocycles. The summed E-state index contributed by atoms with van der Waals surface area (Å²) >= 11 is 0. The average molecular weight is 863 g/mol. The lowest BCUT2D eigenvalue weighted by Crippen LogP contribution is -2.45. The minimum Gasteiger partial charge on any atom is -0.387 e. The van der Waals surface area contributed by atoms with E-state index in [1.54, 1.807) is 6.08 Å². The van der Waals surface area contributed by atoms with E-state index >= 15 is 0 Å². The molecular formula is C51H95N2O6P. The number of amides is 1. The van der Waals surface area contributed by atoms with Gasteiger partial charge < -0.3 is 21.1 Å². The van der Waals surface area contributed by atoms with Crippen molar-refractivity contribution in [2.75, 3.05) is 19.8 Å². The van der Waals surface area contributed by atoms with Crippen LogP contribution in [0.15, 0.2) is 60.8 Å². The molecule has 8 nitrogen and oxygen atoms in total. The van der Waals surface area contributed by atoms with E-state index in [0.717, 1.165) is 64.2 Å². The van der Waals surface area contributed by atoms with Crippen LogP contribution in [0.5, 0.6) is 0 Å². The van der Waals surface area contributed by atoms with Gasteiger partial charge in [0.2, 0.25) is 5.91 Å². The number of carbonyl (C=O) groups is 1. The minimum atomic E-state index is -4.36. The Bertz CT molecular complexity index is 1120. The number of rotatable bonds is 46. The summed E-state index contributed by atoms with van der Waals surface area (Å²) in [5.41, 5.74) is 5.39. The molecule has 0 aromatic rings. The second kappa shape index (κ2) is 46.7. The normalized spacial score (nSPS) is 14.4. The lowest BCUT2D eigenvalue weighted by atomic mass is 10.0. The molecule has 3 unspecified atom stereocenters. The Morgan fingerprint density at radius 1 is 0.550 bits per heavy atom. The Hall–Kier alpha value is -1.80. The number of aliphatic hydroxyl groups excluding tert-OH is 1. The van der Waals surface area contributed by atoms with Crippen molar-refractivity contribution in [3.8, 4) is 0 Å². The van der Waals surface area contributed by atoms with E-state index in [4.69, 9.17) is 14.8 Å². The molecular weight excluding hydrogens is 768 g/mol. The van der Waals surface area contributed by atoms with Crippen LogP contribution >= 0.6 is 7.82 Å². The molecule has 0 radical (unpaired) electrons. The molecule has 350 valence electrons. The number of hydrogen-bond donors (Lipinski definition) is 4. The van der Waals surface area contributed by atoms with Crippen LogP contribution in [0.3, 0.4) is 0 Å². The Kier molecular flexibility index (Phi) is 45.3. The molecule has 0 heterocycles. The van der Waals surface area contributed by atoms with Crippen molar-refractivity contribution in [2.45, 2.75) is 238 Å². The second-order valence-electron chi connectivity index (χ2n) is 16.7. The number of phosphoric ester groups is 1. The zero-order valence-corrected chi connectivity index (χ0v) is 39.8. The van der Waals surface area contributed by atoms with E-state index in [2.05, 4.69) is 67.8 Å². The lowest BCUT2D eigenvalue weighted by Gasteiger charge is -2.23. The molecule has 60 heavy (non-hydrogen) atoms. The summed E-state index contributed by atoms with van der Waals surface area (Å²) < 4.78 is 22.2. The maximum Gasteiger partial charge on any atom is 0.472 e. The molecule has 0 saturated carbocycles. The molecule has 0 aliphatic rings. The molecule has 0 aromatic carbocycles. The zero-order chi connectivity index (χ0) is 43.9. The van der Waals surface area contributed by atoms with Crippen molar-refractivity contribution in [3.05, 3.63) is 60.8 Å². The summed E-state index contributed by atoms with van der Waals surface area (Å²) in [4.78, 5) is 22.8. The van der Waals surface area contributed by atoms with E-state index < -0.39 is 20.0 Å². The summed E-state index contributed by atoms with van der Waals surface area (Å²) in [6.07, 6.45) is 59.9. The van der Waals surface area contributed by atoms with Gasteiger partial charge in [-0.2, -0.15) is 0 Å². The van der Waals surface area contributed by atoms with Crippen molar-refractivity contribution in [1.29, 1.82) is 0 Å². The van der Waals surface area contributed by atoms with Crippen LogP contribution in [0.25, 0.3) is 0 Å². The molecule has 0 saturated heterocycles. The van der Waals surface area contributed by atoms with Crippen molar-refractivity contribution in [2.24, 2.45) is 5.73 Å². The van der Waals surface area contributed by atoms with Gasteiger partial charge in [-0.05, 0) is 70.6 Å². The fourth-order valence-corrected chi connectivity index (χ4v) is 7.80. The summed E-state index contributed by atoms with van der Waals surface area (Å²) in [5.74, 6) is -0.217. The topological polar surface area (TPSA) is 131 Å². The molecule has 1 amide bonds. The maximum atomic E-state index is 12.8. The van der Waals surface area contributed by atoms with Crippen molar-refractivity contribution >= 4 is 13.7 Å². The third-order valence-electron chi connectivity index (χ3n) is 10.8. The van der Waals surface area contributed by atoms with Crippen molar-refractivity contribution in [1.82, 2.24) is 5.32 Å². The first-order valence-corrected chi connectivity index (χ1v) is 26.4. The van der Waals surface area contributed by atoms with Crippen LogP contribution in [0.1, 0.15) is 226 Å². The standard InChI is InChI=1S/C51H95N2O6P/c1-3-5-7-9-11-13-15-17-19-21-23-25-27-29-31-33-35-37-39-41-43-45-51(55)53-49(48-59-60(56,57)58-47-46-52)50(54)44-42-40-38-36-34-32-30-28-26-24-22-20-18-16-14-12-10-8-6-4-2/h15,17,21,23,27,29,34,36,42,44,49-50,54H,3-14,16,18-20,22,24-26,28,30-33,35,37-41,43,45-48,52H2,1-2H3,(H,53,55)(H,56,57)/b17-15-,23-21-,29-27-,36-34+,44-42+. The lowest BCUT2D eigenvalue weighted by molar-refractivity contribution is -0.123. The van der Waals surface area contributed by atoms with Crippen LogP contribution < -0.4 is 11.1 Å². The van der Waals surface area contributed by atoms with Gasteiger partial charge in [-0.3, -0.25) is 13.8 Å². The smallest absolute Gasteiger partial charge is 0.387 e. The minimum absolute atomic E-state index is 0.0695. The highest BCUT2D eigenvalue weighted by Crippen LogP contribution is 2.43. The molecule has 0 bridgehead atoms. The van der Waals surface area contributed by atoms with Gasteiger partial charge in [0, 0.05) is 13.0 Å². The number of nitrogens with one attached hydrogen (secondary N) is 1. The van der Waals surface area contributed by atoms with Gasteiger partial charge in [0.25, 0.3) is 0 Å². The number of nitrogens with two attached hydrogens (primary N) is 1. The highest BCUT2D eigenvalue weighted by atomic mass is 31.2. The van der Waals surface area contributed by atoms with E-state index in [1.807, 2.05) is 6.08 Å². The predicted octanol–water partition coefficient (Wildman–Crippen LogP) is 14.6. The molecule has 0 aliphatic heterocycles. The number of allylic oxidation sites excluding steroid dienone is 9. The summed E-state index contributed by atoms with van der Waals surface area (Å²) in [7, 11) is -4.36. The van der Waals surface area contributed by atoms with Crippen molar-refractivity contribution in [3.63, 3.8) is 0 Å². The van der Waals surface area contributed by atoms with Gasteiger partial charge in [-0.15, -0.1) is 0 Å². The van der Waals surface area contributed by atoms with Crippen LogP contribution in [0.2, 0.25) is 0 Å².